The summed E-state index contributed by atoms with van der Waals surface area (Å²) in [6, 6.07) is 0. The number of aryl methyl sites for hydroxylation is 3. The average Bonchev–Trinajstić information content (AvgIpc) is 3.36. The van der Waals surface area contributed by atoms with Gasteiger partial charge in [-0.2, -0.15) is 9.40 Å². The number of anilines is 1. The second kappa shape index (κ2) is 7.56. The number of hydrogen-bond acceptors (Lipinski definition) is 6. The minimum absolute atomic E-state index is 0.108. The molecule has 2 fully saturated rings. The van der Waals surface area contributed by atoms with Crippen LogP contribution < -0.4 is 5.32 Å². The van der Waals surface area contributed by atoms with Crippen LogP contribution in [0.1, 0.15) is 42.7 Å². The number of rotatable bonds is 6. The van der Waals surface area contributed by atoms with Gasteiger partial charge < -0.3 is 9.84 Å². The van der Waals surface area contributed by atoms with Crippen molar-refractivity contribution in [3.63, 3.8) is 0 Å². The Morgan fingerprint density at radius 1 is 1.28 bits per heavy atom. The molecule has 0 aromatic carbocycles. The minimum atomic E-state index is -3.75. The maximum atomic E-state index is 13.1. The van der Waals surface area contributed by atoms with Crippen LogP contribution in [0.25, 0.3) is 0 Å². The molecular formula is C19H27N5O4S. The summed E-state index contributed by atoms with van der Waals surface area (Å²) in [5, 5.41) is 11.1. The third-order valence-electron chi connectivity index (χ3n) is 5.71. The van der Waals surface area contributed by atoms with Gasteiger partial charge in [0.2, 0.25) is 15.9 Å². The Morgan fingerprint density at radius 3 is 2.69 bits per heavy atom. The Bertz CT molecular complexity index is 1000. The first-order valence-corrected chi connectivity index (χ1v) is 11.5. The quantitative estimate of drug-likeness (QED) is 0.766. The summed E-state index contributed by atoms with van der Waals surface area (Å²) in [4.78, 5) is 13.1. The summed E-state index contributed by atoms with van der Waals surface area (Å²) in [7, 11) is -3.75. The highest BCUT2D eigenvalue weighted by molar-refractivity contribution is 7.89. The van der Waals surface area contributed by atoms with Crippen LogP contribution >= 0.6 is 0 Å². The van der Waals surface area contributed by atoms with Gasteiger partial charge in [0, 0.05) is 25.2 Å². The maximum Gasteiger partial charge on any atom is 0.248 e. The minimum Gasteiger partial charge on any atom is -0.360 e. The predicted molar refractivity (Wildman–Crippen MR) is 106 cm³/mol. The van der Waals surface area contributed by atoms with Crippen LogP contribution in [0.5, 0.6) is 0 Å². The van der Waals surface area contributed by atoms with E-state index in [1.165, 1.54) is 17.1 Å². The van der Waals surface area contributed by atoms with Crippen LogP contribution in [0.4, 0.5) is 5.82 Å². The topological polar surface area (TPSA) is 110 Å². The van der Waals surface area contributed by atoms with Crippen molar-refractivity contribution < 1.29 is 17.7 Å². The van der Waals surface area contributed by atoms with E-state index in [9.17, 15) is 13.2 Å². The van der Waals surface area contributed by atoms with E-state index >= 15 is 0 Å². The van der Waals surface area contributed by atoms with Gasteiger partial charge in [-0.1, -0.05) is 5.16 Å². The number of carbonyl (C=O) groups excluding carboxylic acids is 1. The summed E-state index contributed by atoms with van der Waals surface area (Å²) < 4.78 is 34.4. The van der Waals surface area contributed by atoms with E-state index in [1.807, 2.05) is 11.6 Å². The summed E-state index contributed by atoms with van der Waals surface area (Å²) >= 11 is 0. The van der Waals surface area contributed by atoms with Crippen molar-refractivity contribution >= 4 is 21.7 Å². The number of carbonyl (C=O) groups is 1. The van der Waals surface area contributed by atoms with Gasteiger partial charge in [0.25, 0.3) is 0 Å². The highest BCUT2D eigenvalue weighted by Crippen LogP contribution is 2.32. The lowest BCUT2D eigenvalue weighted by Gasteiger charge is -2.31. The number of piperidine rings is 1. The molecule has 0 bridgehead atoms. The van der Waals surface area contributed by atoms with Crippen molar-refractivity contribution in [3.8, 4) is 0 Å². The third-order valence-corrected chi connectivity index (χ3v) is 7.82. The first-order valence-electron chi connectivity index (χ1n) is 10.0. The second-order valence-electron chi connectivity index (χ2n) is 8.15. The zero-order valence-corrected chi connectivity index (χ0v) is 17.8. The molecule has 1 atom stereocenters. The van der Waals surface area contributed by atoms with Gasteiger partial charge in [-0.25, -0.2) is 13.1 Å². The Hall–Kier alpha value is -2.20. The van der Waals surface area contributed by atoms with Gasteiger partial charge in [0.05, 0.1) is 12.1 Å². The van der Waals surface area contributed by atoms with Gasteiger partial charge in [0.15, 0.2) is 5.76 Å². The molecule has 10 heteroatoms. The molecule has 1 unspecified atom stereocenters. The molecule has 2 aromatic rings. The summed E-state index contributed by atoms with van der Waals surface area (Å²) in [6.07, 6.45) is 5.43. The molecule has 4 rings (SSSR count). The number of amides is 1. The number of hydrogen-bond donors (Lipinski definition) is 1. The third kappa shape index (κ3) is 3.95. The van der Waals surface area contributed by atoms with Crippen molar-refractivity contribution in [1.29, 1.82) is 0 Å². The van der Waals surface area contributed by atoms with Gasteiger partial charge in [-0.3, -0.25) is 4.79 Å². The molecule has 3 heterocycles. The van der Waals surface area contributed by atoms with Crippen LogP contribution in [0.3, 0.4) is 0 Å². The highest BCUT2D eigenvalue weighted by atomic mass is 32.2. The SMILES string of the molecule is Cc1cnn(CC2CC2)c1NC(=O)C1CCCN(S(=O)(=O)c2c(C)noc2C)C1. The molecule has 1 saturated carbocycles. The molecule has 1 aliphatic carbocycles. The summed E-state index contributed by atoms with van der Waals surface area (Å²) in [5.41, 5.74) is 1.25. The predicted octanol–water partition coefficient (Wildman–Crippen LogP) is 2.25. The van der Waals surface area contributed by atoms with E-state index in [0.29, 0.717) is 36.8 Å². The molecule has 158 valence electrons. The first kappa shape index (κ1) is 20.1. The monoisotopic (exact) mass is 421 g/mol. The van der Waals surface area contributed by atoms with Crippen LogP contribution in [0.2, 0.25) is 0 Å². The van der Waals surface area contributed by atoms with Gasteiger partial charge in [-0.05, 0) is 52.4 Å². The van der Waals surface area contributed by atoms with E-state index in [-0.39, 0.29) is 23.1 Å². The standard InChI is InChI=1S/C19H27N5O4S/c1-12-9-20-24(10-15-6-7-15)18(12)21-19(25)16-5-4-8-23(11-16)29(26,27)17-13(2)22-28-14(17)3/h9,15-16H,4-8,10-11H2,1-3H3,(H,21,25). The maximum absolute atomic E-state index is 13.1. The Balaban J connectivity index is 1.49. The fourth-order valence-corrected chi connectivity index (χ4v) is 5.71. The smallest absolute Gasteiger partial charge is 0.248 e. The largest absolute Gasteiger partial charge is 0.360 e. The Kier molecular flexibility index (Phi) is 5.24. The van der Waals surface area contributed by atoms with Crippen molar-refractivity contribution in [2.45, 2.75) is 57.9 Å². The van der Waals surface area contributed by atoms with Crippen LogP contribution in [-0.4, -0.2) is 46.7 Å². The fraction of sp³-hybridized carbons (Fsp3) is 0.632. The molecule has 1 aliphatic heterocycles. The molecule has 1 amide bonds. The van der Waals surface area contributed by atoms with E-state index in [2.05, 4.69) is 15.6 Å². The van der Waals surface area contributed by atoms with E-state index < -0.39 is 15.9 Å². The zero-order chi connectivity index (χ0) is 20.8. The van der Waals surface area contributed by atoms with Crippen LogP contribution in [-0.2, 0) is 21.4 Å². The Morgan fingerprint density at radius 2 is 2.03 bits per heavy atom. The molecule has 0 spiro atoms. The zero-order valence-electron chi connectivity index (χ0n) is 17.0. The van der Waals surface area contributed by atoms with Crippen LogP contribution in [0, 0.1) is 32.6 Å². The molecule has 2 aliphatic rings. The summed E-state index contributed by atoms with van der Waals surface area (Å²) in [6.45, 7) is 6.46. The number of nitrogens with one attached hydrogen (secondary N) is 1. The molecule has 2 aromatic heterocycles. The molecule has 29 heavy (non-hydrogen) atoms. The molecule has 0 radical (unpaired) electrons. The molecular weight excluding hydrogens is 394 g/mol. The lowest BCUT2D eigenvalue weighted by atomic mass is 9.99. The molecule has 1 saturated heterocycles. The van der Waals surface area contributed by atoms with Crippen molar-refractivity contribution in [2.75, 3.05) is 18.4 Å². The van der Waals surface area contributed by atoms with Gasteiger partial charge in [-0.15, -0.1) is 0 Å². The number of nitrogens with zero attached hydrogens (tertiary/aromatic N) is 4. The van der Waals surface area contributed by atoms with Crippen LogP contribution in [0.15, 0.2) is 15.6 Å². The lowest BCUT2D eigenvalue weighted by Crippen LogP contribution is -2.44. The van der Waals surface area contributed by atoms with Crippen molar-refractivity contribution in [2.24, 2.45) is 11.8 Å². The van der Waals surface area contributed by atoms with E-state index in [0.717, 1.165) is 12.1 Å². The Labute approximate surface area is 170 Å². The molecule has 1 N–H and O–H groups in total. The molecule has 9 nitrogen and oxygen atoms in total. The van der Waals surface area contributed by atoms with Crippen molar-refractivity contribution in [3.05, 3.63) is 23.2 Å². The first-order chi connectivity index (χ1) is 13.8. The van der Waals surface area contributed by atoms with Crippen molar-refractivity contribution in [1.82, 2.24) is 19.2 Å². The fourth-order valence-electron chi connectivity index (χ4n) is 3.89. The second-order valence-corrected chi connectivity index (χ2v) is 10.0. The van der Waals surface area contributed by atoms with Gasteiger partial charge >= 0.3 is 0 Å². The number of sulfonamides is 1. The average molecular weight is 422 g/mol. The van der Waals surface area contributed by atoms with Gasteiger partial charge in [0.1, 0.15) is 16.4 Å². The van der Waals surface area contributed by atoms with E-state index in [1.54, 1.807) is 20.0 Å². The normalized spacial score (nSPS) is 20.7. The highest BCUT2D eigenvalue weighted by Gasteiger charge is 2.37. The summed E-state index contributed by atoms with van der Waals surface area (Å²) in [5.74, 6) is 1.04. The number of aromatic nitrogens is 3. The lowest BCUT2D eigenvalue weighted by molar-refractivity contribution is -0.120. The van der Waals surface area contributed by atoms with E-state index in [4.69, 9.17) is 4.52 Å².